The average Bonchev–Trinajstić information content (AvgIpc) is 2.84. The fourth-order valence-electron chi connectivity index (χ4n) is 4.41. The predicted molar refractivity (Wildman–Crippen MR) is 136 cm³/mol. The van der Waals surface area contributed by atoms with Crippen molar-refractivity contribution in [1.82, 2.24) is 14.5 Å². The summed E-state index contributed by atoms with van der Waals surface area (Å²) in [7, 11) is 0. The molecule has 0 saturated carbocycles. The van der Waals surface area contributed by atoms with Gasteiger partial charge in [-0.1, -0.05) is 64.8 Å². The maximum atomic E-state index is 13.7. The molecule has 1 aromatic heterocycles. The summed E-state index contributed by atoms with van der Waals surface area (Å²) in [5.74, 6) is 0.787. The fourth-order valence-corrected chi connectivity index (χ4v) is 4.41. The van der Waals surface area contributed by atoms with Gasteiger partial charge in [0, 0.05) is 13.0 Å². The topological polar surface area (TPSA) is 55.2 Å². The van der Waals surface area contributed by atoms with Crippen molar-refractivity contribution in [2.75, 3.05) is 6.54 Å². The van der Waals surface area contributed by atoms with Crippen LogP contribution in [-0.2, 0) is 11.2 Å². The highest BCUT2D eigenvalue weighted by Crippen LogP contribution is 2.27. The van der Waals surface area contributed by atoms with Gasteiger partial charge in [0.15, 0.2) is 0 Å². The number of aromatic nitrogens is 2. The molecule has 0 bridgehead atoms. The molecular formula is C28H37N3O2. The maximum absolute atomic E-state index is 13.7. The number of amides is 1. The molecule has 0 saturated heterocycles. The van der Waals surface area contributed by atoms with Crippen LogP contribution < -0.4 is 5.56 Å². The molecule has 33 heavy (non-hydrogen) atoms. The van der Waals surface area contributed by atoms with Crippen LogP contribution in [0.3, 0.4) is 0 Å². The first-order valence-corrected chi connectivity index (χ1v) is 12.5. The Bertz CT molecular complexity index is 1120. The van der Waals surface area contributed by atoms with Gasteiger partial charge in [-0.2, -0.15) is 0 Å². The Kier molecular flexibility index (Phi) is 8.81. The highest BCUT2D eigenvalue weighted by molar-refractivity contribution is 5.79. The molecule has 3 aromatic rings. The van der Waals surface area contributed by atoms with Gasteiger partial charge >= 0.3 is 0 Å². The Balaban J connectivity index is 2.18. The van der Waals surface area contributed by atoms with E-state index in [0.717, 1.165) is 37.8 Å². The lowest BCUT2D eigenvalue weighted by molar-refractivity contribution is -0.134. The van der Waals surface area contributed by atoms with Crippen molar-refractivity contribution in [2.45, 2.75) is 78.7 Å². The number of carbonyl (C=O) groups excluding carboxylic acids is 1. The Morgan fingerprint density at radius 2 is 1.70 bits per heavy atom. The van der Waals surface area contributed by atoms with Crippen LogP contribution in [0.1, 0.15) is 83.6 Å². The van der Waals surface area contributed by atoms with Crippen molar-refractivity contribution >= 4 is 16.8 Å². The van der Waals surface area contributed by atoms with Gasteiger partial charge in [-0.3, -0.25) is 14.2 Å². The molecule has 0 aliphatic rings. The van der Waals surface area contributed by atoms with Crippen molar-refractivity contribution < 1.29 is 4.79 Å². The Morgan fingerprint density at radius 3 is 2.33 bits per heavy atom. The van der Waals surface area contributed by atoms with Crippen LogP contribution in [0.15, 0.2) is 53.3 Å². The summed E-state index contributed by atoms with van der Waals surface area (Å²) in [6.45, 7) is 9.07. The van der Waals surface area contributed by atoms with Gasteiger partial charge in [0.1, 0.15) is 5.82 Å². The van der Waals surface area contributed by atoms with Crippen LogP contribution in [0.4, 0.5) is 0 Å². The molecule has 5 heteroatoms. The third-order valence-corrected chi connectivity index (χ3v) is 6.24. The largest absolute Gasteiger partial charge is 0.333 e. The minimum atomic E-state index is -0.262. The Morgan fingerprint density at radius 1 is 0.970 bits per heavy atom. The normalized spacial score (nSPS) is 12.1. The van der Waals surface area contributed by atoms with Crippen LogP contribution in [0.25, 0.3) is 16.6 Å². The van der Waals surface area contributed by atoms with Crippen molar-refractivity contribution in [3.8, 4) is 5.69 Å². The zero-order valence-corrected chi connectivity index (χ0v) is 20.5. The van der Waals surface area contributed by atoms with E-state index in [9.17, 15) is 9.59 Å². The molecule has 0 radical (unpaired) electrons. The second kappa shape index (κ2) is 11.8. The molecule has 1 atom stereocenters. The monoisotopic (exact) mass is 447 g/mol. The minimum absolute atomic E-state index is 0.0896. The molecule has 1 heterocycles. The first kappa shape index (κ1) is 24.7. The summed E-state index contributed by atoms with van der Waals surface area (Å²) in [5, 5.41) is 0.590. The number of hydrogen-bond acceptors (Lipinski definition) is 3. The van der Waals surface area contributed by atoms with Crippen LogP contribution in [0.5, 0.6) is 0 Å². The third-order valence-electron chi connectivity index (χ3n) is 6.24. The van der Waals surface area contributed by atoms with Gasteiger partial charge in [-0.15, -0.1) is 0 Å². The second-order valence-corrected chi connectivity index (χ2v) is 8.62. The zero-order chi connectivity index (χ0) is 23.8. The van der Waals surface area contributed by atoms with Gasteiger partial charge in [-0.25, -0.2) is 4.98 Å². The summed E-state index contributed by atoms with van der Waals surface area (Å²) in [4.78, 5) is 33.9. The van der Waals surface area contributed by atoms with Crippen LogP contribution in [0, 0.1) is 0 Å². The summed E-state index contributed by atoms with van der Waals surface area (Å²) in [6, 6.07) is 15.3. The van der Waals surface area contributed by atoms with Gasteiger partial charge in [0.25, 0.3) is 5.56 Å². The van der Waals surface area contributed by atoms with E-state index in [2.05, 4.69) is 39.8 Å². The number of fused-ring (bicyclic) bond motifs is 1. The number of carbonyl (C=O) groups is 1. The molecule has 0 N–H and O–H groups in total. The van der Waals surface area contributed by atoms with E-state index in [4.69, 9.17) is 4.98 Å². The smallest absolute Gasteiger partial charge is 0.266 e. The number of rotatable bonds is 11. The summed E-state index contributed by atoms with van der Waals surface area (Å²) in [6.07, 6.45) is 6.04. The van der Waals surface area contributed by atoms with Crippen molar-refractivity contribution in [1.29, 1.82) is 0 Å². The van der Waals surface area contributed by atoms with Crippen LogP contribution in [0.2, 0.25) is 0 Å². The van der Waals surface area contributed by atoms with E-state index in [1.165, 1.54) is 5.56 Å². The third kappa shape index (κ3) is 5.52. The number of para-hydroxylation sites is 1. The number of benzene rings is 2. The standard InChI is InChI=1S/C28H37N3O2/c1-5-9-10-15-26(32)30(20-6-2)25(8-4)27-29-24-14-12-11-13-23(24)28(33)31(27)22-18-16-21(7-3)17-19-22/h11-14,16-19,25H,5-10,15,20H2,1-4H3. The van der Waals surface area contributed by atoms with Gasteiger partial charge in [-0.05, 0) is 55.5 Å². The lowest BCUT2D eigenvalue weighted by Gasteiger charge is -2.32. The lowest BCUT2D eigenvalue weighted by atomic mass is 10.1. The van der Waals surface area contributed by atoms with E-state index in [1.807, 2.05) is 41.3 Å². The molecule has 5 nitrogen and oxygen atoms in total. The molecule has 0 aliphatic carbocycles. The predicted octanol–water partition coefficient (Wildman–Crippen LogP) is 6.22. The molecule has 0 spiro atoms. The van der Waals surface area contributed by atoms with Gasteiger partial charge < -0.3 is 4.90 Å². The molecule has 176 valence electrons. The highest BCUT2D eigenvalue weighted by atomic mass is 16.2. The van der Waals surface area contributed by atoms with Gasteiger partial charge in [0.05, 0.1) is 22.6 Å². The number of unbranched alkanes of at least 4 members (excludes halogenated alkanes) is 2. The summed E-state index contributed by atoms with van der Waals surface area (Å²) < 4.78 is 1.72. The molecule has 3 rings (SSSR count). The van der Waals surface area contributed by atoms with Crippen molar-refractivity contribution in [3.05, 3.63) is 70.3 Å². The number of nitrogens with zero attached hydrogens (tertiary/aromatic N) is 3. The van der Waals surface area contributed by atoms with Gasteiger partial charge in [0.2, 0.25) is 5.91 Å². The van der Waals surface area contributed by atoms with E-state index in [-0.39, 0.29) is 17.5 Å². The summed E-state index contributed by atoms with van der Waals surface area (Å²) >= 11 is 0. The van der Waals surface area contributed by atoms with Crippen molar-refractivity contribution in [2.24, 2.45) is 0 Å². The molecule has 2 aromatic carbocycles. The maximum Gasteiger partial charge on any atom is 0.266 e. The van der Waals surface area contributed by atoms with E-state index in [1.54, 1.807) is 4.57 Å². The number of aryl methyl sites for hydroxylation is 1. The molecular weight excluding hydrogens is 410 g/mol. The van der Waals surface area contributed by atoms with E-state index >= 15 is 0 Å². The van der Waals surface area contributed by atoms with E-state index < -0.39 is 0 Å². The minimum Gasteiger partial charge on any atom is -0.333 e. The first-order chi connectivity index (χ1) is 16.0. The highest BCUT2D eigenvalue weighted by Gasteiger charge is 2.28. The van der Waals surface area contributed by atoms with Crippen LogP contribution in [-0.4, -0.2) is 26.9 Å². The van der Waals surface area contributed by atoms with E-state index in [0.29, 0.717) is 36.1 Å². The number of hydrogen-bond donors (Lipinski definition) is 0. The lowest BCUT2D eigenvalue weighted by Crippen LogP contribution is -2.39. The molecule has 0 fully saturated rings. The summed E-state index contributed by atoms with van der Waals surface area (Å²) in [5.41, 5.74) is 2.59. The zero-order valence-electron chi connectivity index (χ0n) is 20.5. The SMILES string of the molecule is CCCCCC(=O)N(CCC)C(CC)c1nc2ccccc2c(=O)n1-c1ccc(CC)cc1. The van der Waals surface area contributed by atoms with Crippen LogP contribution >= 0.6 is 0 Å². The fraction of sp³-hybridized carbons (Fsp3) is 0.464. The Hall–Kier alpha value is -2.95. The Labute approximate surface area is 197 Å². The van der Waals surface area contributed by atoms with Crippen molar-refractivity contribution in [3.63, 3.8) is 0 Å². The average molecular weight is 448 g/mol. The second-order valence-electron chi connectivity index (χ2n) is 8.62. The first-order valence-electron chi connectivity index (χ1n) is 12.5. The molecule has 0 aliphatic heterocycles. The quantitative estimate of drug-likeness (QED) is 0.328. The molecule has 1 amide bonds. The molecule has 1 unspecified atom stereocenters.